The van der Waals surface area contributed by atoms with Gasteiger partial charge in [0.15, 0.2) is 6.29 Å². The van der Waals surface area contributed by atoms with Crippen molar-refractivity contribution in [3.05, 3.63) is 36.5 Å². The maximum atomic E-state index is 13.0. The molecule has 0 aromatic heterocycles. The molecule has 1 aliphatic rings. The predicted octanol–water partition coefficient (Wildman–Crippen LogP) is 9.81. The molecule has 10 heteroatoms. The van der Waals surface area contributed by atoms with Crippen LogP contribution in [0.15, 0.2) is 36.5 Å². The lowest BCUT2D eigenvalue weighted by molar-refractivity contribution is -0.302. The van der Waals surface area contributed by atoms with Crippen LogP contribution in [0.25, 0.3) is 0 Å². The fourth-order valence-corrected chi connectivity index (χ4v) is 7.73. The molecule has 0 bridgehead atoms. The summed E-state index contributed by atoms with van der Waals surface area (Å²) in [4.78, 5) is 13.0. The highest BCUT2D eigenvalue weighted by Gasteiger charge is 2.44. The Kier molecular flexibility index (Phi) is 37.7. The number of rotatable bonds is 41. The van der Waals surface area contributed by atoms with Crippen molar-refractivity contribution in [2.75, 3.05) is 13.2 Å². The Balaban J connectivity index is 2.27. The monoisotopic (exact) mass is 852 g/mol. The number of unbranched alkanes of at least 4 members (excludes halogenated alkanes) is 26. The number of nitrogens with one attached hydrogen (secondary N) is 1. The second-order valence-electron chi connectivity index (χ2n) is 17.4. The molecule has 7 N–H and O–H groups in total. The van der Waals surface area contributed by atoms with Crippen LogP contribution >= 0.6 is 0 Å². The van der Waals surface area contributed by atoms with Gasteiger partial charge in [0.25, 0.3) is 0 Å². The quantitative estimate of drug-likeness (QED) is 0.0234. The molecule has 352 valence electrons. The van der Waals surface area contributed by atoms with Gasteiger partial charge in [-0.25, -0.2) is 0 Å². The van der Waals surface area contributed by atoms with E-state index in [0.29, 0.717) is 19.3 Å². The standard InChI is InChI=1S/C50H93NO9/c1-3-5-7-9-11-13-15-16-17-18-19-20-21-22-23-24-25-26-27-29-31-33-35-37-39-44(54)49(58)51-42(41-59-50-48(57)47(56)46(55)45(40-52)60-50)43(53)38-36-34-32-30-28-14-12-10-8-6-4-2/h8,10,28,30,36,38,42-48,50,52-57H,3-7,9,11-27,29,31-35,37,39-41H2,1-2H3,(H,51,58)/b10-8+,30-28+,38-36+. The second kappa shape index (κ2) is 40.2. The average molecular weight is 852 g/mol. The minimum Gasteiger partial charge on any atom is -0.394 e. The molecule has 0 aliphatic carbocycles. The molecule has 0 spiro atoms. The highest BCUT2D eigenvalue weighted by molar-refractivity contribution is 5.80. The molecule has 0 aromatic carbocycles. The van der Waals surface area contributed by atoms with Gasteiger partial charge in [-0.15, -0.1) is 0 Å². The normalized spacial score (nSPS) is 21.4. The first-order valence-electron chi connectivity index (χ1n) is 24.8. The van der Waals surface area contributed by atoms with Crippen LogP contribution in [-0.2, 0) is 14.3 Å². The summed E-state index contributed by atoms with van der Waals surface area (Å²) in [5, 5.41) is 64.6. The molecule has 1 heterocycles. The summed E-state index contributed by atoms with van der Waals surface area (Å²) < 4.78 is 11.1. The minimum absolute atomic E-state index is 0.304. The molecular formula is C50H93NO9. The van der Waals surface area contributed by atoms with Crippen LogP contribution in [0.3, 0.4) is 0 Å². The van der Waals surface area contributed by atoms with Gasteiger partial charge in [0.2, 0.25) is 5.91 Å². The summed E-state index contributed by atoms with van der Waals surface area (Å²) in [5.41, 5.74) is 0. The summed E-state index contributed by atoms with van der Waals surface area (Å²) in [5.74, 6) is -0.630. The minimum atomic E-state index is -1.62. The Labute approximate surface area is 366 Å². The van der Waals surface area contributed by atoms with Gasteiger partial charge in [-0.05, 0) is 38.5 Å². The van der Waals surface area contributed by atoms with E-state index in [4.69, 9.17) is 9.47 Å². The van der Waals surface area contributed by atoms with E-state index in [9.17, 15) is 35.4 Å². The fourth-order valence-electron chi connectivity index (χ4n) is 7.73. The topological polar surface area (TPSA) is 169 Å². The molecular weight excluding hydrogens is 759 g/mol. The number of carbonyl (C=O) groups excluding carboxylic acids is 1. The molecule has 1 saturated heterocycles. The van der Waals surface area contributed by atoms with Crippen LogP contribution in [-0.4, -0.2) is 98.7 Å². The zero-order valence-corrected chi connectivity index (χ0v) is 38.3. The van der Waals surface area contributed by atoms with Crippen LogP contribution in [0.5, 0.6) is 0 Å². The third-order valence-electron chi connectivity index (χ3n) is 11.8. The van der Waals surface area contributed by atoms with Gasteiger partial charge < -0.3 is 45.4 Å². The van der Waals surface area contributed by atoms with Crippen molar-refractivity contribution in [2.45, 2.75) is 262 Å². The van der Waals surface area contributed by atoms with Crippen molar-refractivity contribution in [1.82, 2.24) is 5.32 Å². The van der Waals surface area contributed by atoms with Crippen molar-refractivity contribution in [3.8, 4) is 0 Å². The lowest BCUT2D eigenvalue weighted by Crippen LogP contribution is -2.60. The van der Waals surface area contributed by atoms with Crippen LogP contribution in [0.4, 0.5) is 0 Å². The summed E-state index contributed by atoms with van der Waals surface area (Å²) in [6.45, 7) is 3.51. The molecule has 0 saturated carbocycles. The third kappa shape index (κ3) is 29.6. The lowest BCUT2D eigenvalue weighted by atomic mass is 9.99. The van der Waals surface area contributed by atoms with Crippen molar-refractivity contribution in [3.63, 3.8) is 0 Å². The van der Waals surface area contributed by atoms with Crippen molar-refractivity contribution in [2.24, 2.45) is 0 Å². The number of aliphatic hydroxyl groups excluding tert-OH is 6. The molecule has 1 fully saturated rings. The molecule has 1 aliphatic heterocycles. The molecule has 8 unspecified atom stereocenters. The molecule has 60 heavy (non-hydrogen) atoms. The van der Waals surface area contributed by atoms with Crippen molar-refractivity contribution < 1.29 is 44.9 Å². The summed E-state index contributed by atoms with van der Waals surface area (Å²) >= 11 is 0. The van der Waals surface area contributed by atoms with Crippen LogP contribution in [0.2, 0.25) is 0 Å². The SMILES string of the molecule is CCC/C=C/CC/C=C/CC/C=C/C(O)C(COC1OC(CO)C(O)C(O)C1O)NC(=O)C(O)CCCCCCCCCCCCCCCCCCCCCCCCCC. The summed E-state index contributed by atoms with van der Waals surface area (Å²) in [6, 6.07) is -1.000. The first-order chi connectivity index (χ1) is 29.3. The van der Waals surface area contributed by atoms with Gasteiger partial charge in [0.1, 0.15) is 30.5 Å². The molecule has 8 atom stereocenters. The van der Waals surface area contributed by atoms with Gasteiger partial charge in [-0.2, -0.15) is 0 Å². The van der Waals surface area contributed by atoms with Crippen molar-refractivity contribution >= 4 is 5.91 Å². The van der Waals surface area contributed by atoms with Gasteiger partial charge in [-0.3, -0.25) is 4.79 Å². The van der Waals surface area contributed by atoms with E-state index < -0.39 is 61.5 Å². The highest BCUT2D eigenvalue weighted by Crippen LogP contribution is 2.23. The largest absolute Gasteiger partial charge is 0.394 e. The molecule has 1 rings (SSSR count). The van der Waals surface area contributed by atoms with E-state index in [0.717, 1.165) is 51.4 Å². The maximum absolute atomic E-state index is 13.0. The number of ether oxygens (including phenoxy) is 2. The Hall–Kier alpha value is -1.63. The van der Waals surface area contributed by atoms with Gasteiger partial charge in [0, 0.05) is 0 Å². The number of amides is 1. The second-order valence-corrected chi connectivity index (χ2v) is 17.4. The van der Waals surface area contributed by atoms with Crippen LogP contribution in [0, 0.1) is 0 Å². The first-order valence-corrected chi connectivity index (χ1v) is 24.8. The first kappa shape index (κ1) is 56.4. The zero-order valence-electron chi connectivity index (χ0n) is 38.3. The fraction of sp³-hybridized carbons (Fsp3) is 0.860. The zero-order chi connectivity index (χ0) is 43.9. The summed E-state index contributed by atoms with van der Waals surface area (Å²) in [7, 11) is 0. The Morgan fingerprint density at radius 3 is 1.42 bits per heavy atom. The van der Waals surface area contributed by atoms with E-state index in [1.807, 2.05) is 6.08 Å². The third-order valence-corrected chi connectivity index (χ3v) is 11.8. The predicted molar refractivity (Wildman–Crippen MR) is 246 cm³/mol. The number of hydrogen-bond acceptors (Lipinski definition) is 9. The Morgan fingerprint density at radius 2 is 0.983 bits per heavy atom. The van der Waals surface area contributed by atoms with E-state index in [-0.39, 0.29) is 6.61 Å². The number of allylic oxidation sites excluding steroid dienone is 5. The number of aliphatic hydroxyl groups is 6. The molecule has 0 aromatic rings. The number of carbonyl (C=O) groups is 1. The van der Waals surface area contributed by atoms with Crippen molar-refractivity contribution in [1.29, 1.82) is 0 Å². The average Bonchev–Trinajstić information content (AvgIpc) is 3.25. The maximum Gasteiger partial charge on any atom is 0.249 e. The molecule has 10 nitrogen and oxygen atoms in total. The van der Waals surface area contributed by atoms with Crippen LogP contribution < -0.4 is 5.32 Å². The van der Waals surface area contributed by atoms with Crippen LogP contribution in [0.1, 0.15) is 213 Å². The highest BCUT2D eigenvalue weighted by atomic mass is 16.7. The van der Waals surface area contributed by atoms with E-state index in [1.54, 1.807) is 6.08 Å². The summed E-state index contributed by atoms with van der Waals surface area (Å²) in [6.07, 6.45) is 39.7. The van der Waals surface area contributed by atoms with E-state index in [2.05, 4.69) is 43.5 Å². The van der Waals surface area contributed by atoms with Gasteiger partial charge in [0.05, 0.1) is 25.4 Å². The molecule has 1 amide bonds. The van der Waals surface area contributed by atoms with E-state index in [1.165, 1.54) is 128 Å². The Bertz CT molecular complexity index is 1050. The molecule has 0 radical (unpaired) electrons. The Morgan fingerprint density at radius 1 is 0.567 bits per heavy atom. The van der Waals surface area contributed by atoms with Gasteiger partial charge >= 0.3 is 0 Å². The van der Waals surface area contributed by atoms with Gasteiger partial charge in [-0.1, -0.05) is 211 Å². The lowest BCUT2D eigenvalue weighted by Gasteiger charge is -2.40. The number of hydrogen-bond donors (Lipinski definition) is 7. The smallest absolute Gasteiger partial charge is 0.249 e. The van der Waals surface area contributed by atoms with E-state index >= 15 is 0 Å².